The zero-order valence-corrected chi connectivity index (χ0v) is 17.7. The van der Waals surface area contributed by atoms with Gasteiger partial charge in [-0.3, -0.25) is 9.79 Å². The fourth-order valence-electron chi connectivity index (χ4n) is 5.01. The maximum Gasteiger partial charge on any atom is 0.330 e. The number of hydrogen-bond donors (Lipinski definition) is 0. The molecule has 8 heteroatoms. The fraction of sp³-hybridized carbons (Fsp3) is 0.591. The van der Waals surface area contributed by atoms with Crippen LogP contribution in [0.25, 0.3) is 0 Å². The van der Waals surface area contributed by atoms with Gasteiger partial charge < -0.3 is 4.74 Å². The molecule has 0 N–H and O–H groups in total. The Labute approximate surface area is 179 Å². The number of halogens is 2. The molecule has 3 aliphatic carbocycles. The first-order valence-electron chi connectivity index (χ1n) is 10.6. The number of ketones is 1. The minimum absolute atomic E-state index is 0.0479. The van der Waals surface area contributed by atoms with Crippen LogP contribution in [0.4, 0.5) is 4.39 Å². The van der Waals surface area contributed by atoms with Gasteiger partial charge in [0.25, 0.3) is 6.04 Å². The zero-order valence-electron chi connectivity index (χ0n) is 17.0. The summed E-state index contributed by atoms with van der Waals surface area (Å²) < 4.78 is 20.5. The van der Waals surface area contributed by atoms with E-state index in [0.717, 1.165) is 44.6 Å². The molecule has 0 bridgehead atoms. The summed E-state index contributed by atoms with van der Waals surface area (Å²) >= 11 is 6.26. The number of hydrogen-bond acceptors (Lipinski definition) is 5. The van der Waals surface area contributed by atoms with E-state index < -0.39 is 23.9 Å². The molecule has 0 aromatic rings. The molecule has 0 radical (unpaired) electrons. The van der Waals surface area contributed by atoms with Crippen LogP contribution in [0.2, 0.25) is 0 Å². The zero-order chi connectivity index (χ0) is 21.4. The number of Topliss-reactive ketones (excluding diaryl/α,β-unsaturated/α-hetero) is 1. The first-order valence-corrected chi connectivity index (χ1v) is 10.9. The predicted octanol–water partition coefficient (Wildman–Crippen LogP) is 4.47. The number of rotatable bonds is 4. The van der Waals surface area contributed by atoms with Crippen molar-refractivity contribution in [3.05, 3.63) is 38.7 Å². The molecule has 0 saturated heterocycles. The molecular formula is C22H25ClFN2O4+. The van der Waals surface area contributed by atoms with Crippen molar-refractivity contribution in [1.82, 2.24) is 0 Å². The van der Waals surface area contributed by atoms with E-state index in [2.05, 4.69) is 4.99 Å². The van der Waals surface area contributed by atoms with Crippen molar-refractivity contribution in [1.29, 1.82) is 0 Å². The molecule has 1 heterocycles. The molecule has 2 atom stereocenters. The Kier molecular flexibility index (Phi) is 6.00. The van der Waals surface area contributed by atoms with E-state index in [1.165, 1.54) is 7.11 Å². The lowest BCUT2D eigenvalue weighted by molar-refractivity contribution is -0.512. The second-order valence-electron chi connectivity index (χ2n) is 8.36. The third-order valence-corrected chi connectivity index (χ3v) is 6.92. The number of nitroso groups, excluding NO2 is 1. The van der Waals surface area contributed by atoms with E-state index in [-0.39, 0.29) is 28.7 Å². The summed E-state index contributed by atoms with van der Waals surface area (Å²) in [6.45, 7) is 0. The van der Waals surface area contributed by atoms with E-state index >= 15 is 0 Å². The van der Waals surface area contributed by atoms with Crippen LogP contribution in [-0.2, 0) is 14.3 Å². The number of ether oxygens (including phenoxy) is 1. The molecule has 0 aromatic heterocycles. The minimum Gasteiger partial charge on any atom is -0.467 e. The molecule has 2 unspecified atom stereocenters. The second kappa shape index (κ2) is 8.53. The van der Waals surface area contributed by atoms with E-state index in [4.69, 9.17) is 16.3 Å². The molecule has 160 valence electrons. The number of allylic oxidation sites excluding steroid dienone is 4. The van der Waals surface area contributed by atoms with E-state index in [1.807, 2.05) is 0 Å². The molecule has 0 aromatic carbocycles. The van der Waals surface area contributed by atoms with E-state index in [1.54, 1.807) is 0 Å². The molecule has 1 aliphatic heterocycles. The average molecular weight is 436 g/mol. The first-order chi connectivity index (χ1) is 14.4. The van der Waals surface area contributed by atoms with Crippen molar-refractivity contribution in [2.24, 2.45) is 10.9 Å². The standard InChI is InChI=1S/C22H25ClFN2O4/c1-30-22(28)19(12-6-2-3-7-12)25-17-10-14(16(24)11-15(17)23)20-21(27)13-8-4-5-9-18(13)26(20)29/h11-12,19-20H,2-10H2,1H3/q+1. The Morgan fingerprint density at radius 2 is 1.97 bits per heavy atom. The highest BCUT2D eigenvalue weighted by atomic mass is 35.5. The van der Waals surface area contributed by atoms with Crippen molar-refractivity contribution < 1.29 is 23.5 Å². The van der Waals surface area contributed by atoms with Crippen molar-refractivity contribution >= 4 is 29.1 Å². The number of aliphatic imine (C=N–C) groups is 1. The van der Waals surface area contributed by atoms with Crippen LogP contribution in [0.1, 0.15) is 57.8 Å². The van der Waals surface area contributed by atoms with Gasteiger partial charge in [0.05, 0.1) is 29.0 Å². The highest BCUT2D eigenvalue weighted by Crippen LogP contribution is 2.40. The minimum atomic E-state index is -1.21. The van der Waals surface area contributed by atoms with Crippen LogP contribution in [0.5, 0.6) is 0 Å². The van der Waals surface area contributed by atoms with Crippen molar-refractivity contribution in [2.75, 3.05) is 7.11 Å². The summed E-state index contributed by atoms with van der Waals surface area (Å²) in [5, 5.41) is 0.0868. The number of carbonyl (C=O) groups excluding carboxylic acids is 2. The first kappa shape index (κ1) is 21.1. The van der Waals surface area contributed by atoms with Crippen LogP contribution in [0.15, 0.2) is 38.8 Å². The van der Waals surface area contributed by atoms with E-state index in [0.29, 0.717) is 34.6 Å². The molecule has 30 heavy (non-hydrogen) atoms. The summed E-state index contributed by atoms with van der Waals surface area (Å²) in [6, 6.07) is -1.92. The van der Waals surface area contributed by atoms with Gasteiger partial charge in [-0.15, -0.1) is 0 Å². The summed E-state index contributed by atoms with van der Waals surface area (Å²) in [5.41, 5.74) is 1.40. The lowest BCUT2D eigenvalue weighted by atomic mass is 9.89. The Morgan fingerprint density at radius 1 is 1.27 bits per heavy atom. The number of carbonyl (C=O) groups is 2. The molecule has 0 spiro atoms. The fourth-order valence-corrected chi connectivity index (χ4v) is 5.22. The smallest absolute Gasteiger partial charge is 0.330 e. The van der Waals surface area contributed by atoms with Gasteiger partial charge in [0.2, 0.25) is 11.5 Å². The van der Waals surface area contributed by atoms with Gasteiger partial charge in [-0.1, -0.05) is 24.4 Å². The van der Waals surface area contributed by atoms with Gasteiger partial charge in [0.1, 0.15) is 5.83 Å². The third-order valence-electron chi connectivity index (χ3n) is 6.59. The van der Waals surface area contributed by atoms with E-state index in [9.17, 15) is 18.9 Å². The monoisotopic (exact) mass is 435 g/mol. The quantitative estimate of drug-likeness (QED) is 0.482. The molecule has 1 fully saturated rings. The van der Waals surface area contributed by atoms with Gasteiger partial charge in [0, 0.05) is 22.5 Å². The summed E-state index contributed by atoms with van der Waals surface area (Å²) in [5.74, 6) is -1.40. The van der Waals surface area contributed by atoms with Gasteiger partial charge in [-0.25, -0.2) is 9.18 Å². The second-order valence-corrected chi connectivity index (χ2v) is 8.76. The third kappa shape index (κ3) is 3.68. The SMILES string of the molecule is COC(=O)C(N=C1CC(C2C(=O)C3=C(CCCC3)[N+]2=O)=C(F)C=C1Cl)C1CCCC1. The lowest BCUT2D eigenvalue weighted by Crippen LogP contribution is -2.32. The number of methoxy groups -OCH3 is 1. The average Bonchev–Trinajstić information content (AvgIpc) is 3.35. The molecular weight excluding hydrogens is 411 g/mol. The van der Waals surface area contributed by atoms with Crippen LogP contribution in [0.3, 0.4) is 0 Å². The van der Waals surface area contributed by atoms with Crippen LogP contribution in [-0.4, -0.2) is 41.4 Å². The maximum absolute atomic E-state index is 14.8. The molecule has 1 saturated carbocycles. The topological polar surface area (TPSA) is 75.8 Å². The molecule has 4 rings (SSSR count). The Hall–Kier alpha value is -2.15. The summed E-state index contributed by atoms with van der Waals surface area (Å²) in [7, 11) is 1.32. The predicted molar refractivity (Wildman–Crippen MR) is 110 cm³/mol. The van der Waals surface area contributed by atoms with Crippen LogP contribution in [0, 0.1) is 10.8 Å². The van der Waals surface area contributed by atoms with Crippen LogP contribution < -0.4 is 0 Å². The largest absolute Gasteiger partial charge is 0.467 e. The Morgan fingerprint density at radius 3 is 2.63 bits per heavy atom. The van der Waals surface area contributed by atoms with Gasteiger partial charge in [-0.2, -0.15) is 0 Å². The van der Waals surface area contributed by atoms with Gasteiger partial charge in [0.15, 0.2) is 6.04 Å². The lowest BCUT2D eigenvalue weighted by Gasteiger charge is -2.21. The molecule has 0 amide bonds. The van der Waals surface area contributed by atoms with Crippen molar-refractivity contribution in [3.8, 4) is 0 Å². The maximum atomic E-state index is 14.8. The Balaban J connectivity index is 1.64. The van der Waals surface area contributed by atoms with Crippen molar-refractivity contribution in [3.63, 3.8) is 0 Å². The van der Waals surface area contributed by atoms with Gasteiger partial charge in [-0.05, 0) is 44.1 Å². The number of nitrogens with zero attached hydrogens (tertiary/aromatic N) is 2. The summed E-state index contributed by atoms with van der Waals surface area (Å²) in [4.78, 5) is 42.7. The van der Waals surface area contributed by atoms with Crippen LogP contribution >= 0.6 is 11.6 Å². The normalized spacial score (nSPS) is 27.6. The van der Waals surface area contributed by atoms with Crippen molar-refractivity contribution in [2.45, 2.75) is 69.9 Å². The Bertz CT molecular complexity index is 899. The number of esters is 1. The molecule has 6 nitrogen and oxygen atoms in total. The highest BCUT2D eigenvalue weighted by molar-refractivity contribution is 6.44. The summed E-state index contributed by atoms with van der Waals surface area (Å²) in [6.07, 6.45) is 7.59. The molecule has 4 aliphatic rings. The highest BCUT2D eigenvalue weighted by Gasteiger charge is 2.52. The van der Waals surface area contributed by atoms with Gasteiger partial charge >= 0.3 is 5.97 Å².